The minimum Gasteiger partial charge on any atom is -0.454 e. The van der Waals surface area contributed by atoms with Gasteiger partial charge in [-0.2, -0.15) is 0 Å². The summed E-state index contributed by atoms with van der Waals surface area (Å²) in [5.74, 6) is 2.80. The number of aromatic nitrogens is 4. The second-order valence-corrected chi connectivity index (χ2v) is 9.09. The summed E-state index contributed by atoms with van der Waals surface area (Å²) in [5.41, 5.74) is 1.62. The second-order valence-electron chi connectivity index (χ2n) is 8.15. The molecule has 0 radical (unpaired) electrons. The van der Waals surface area contributed by atoms with Crippen molar-refractivity contribution in [2.24, 2.45) is 5.92 Å². The molecule has 1 saturated carbocycles. The van der Waals surface area contributed by atoms with Gasteiger partial charge in [-0.3, -0.25) is 14.3 Å². The summed E-state index contributed by atoms with van der Waals surface area (Å²) in [6.07, 6.45) is 8.28. The third kappa shape index (κ3) is 4.29. The standard InChI is InChI=1S/C23H25N5O3S/c1-15-5-2-3-7-18(15)28-22(16-6-4-10-24-12-16)26-27-23(28)32-13-21(29)25-17-8-9-19-20(11-17)31-14-30-19/h4,6,8-12,15,18H,2-3,5,7,13-14H2,1H3,(H,25,29)/t15-,18+/m1/s1. The van der Waals surface area contributed by atoms with Crippen molar-refractivity contribution >= 4 is 23.4 Å². The zero-order valence-electron chi connectivity index (χ0n) is 17.9. The van der Waals surface area contributed by atoms with E-state index >= 15 is 0 Å². The van der Waals surface area contributed by atoms with Crippen LogP contribution in [0.15, 0.2) is 47.9 Å². The summed E-state index contributed by atoms with van der Waals surface area (Å²) in [7, 11) is 0. The highest BCUT2D eigenvalue weighted by molar-refractivity contribution is 7.99. The number of benzene rings is 1. The molecule has 0 saturated heterocycles. The van der Waals surface area contributed by atoms with Crippen LogP contribution in [0.2, 0.25) is 0 Å². The maximum Gasteiger partial charge on any atom is 0.234 e. The molecular weight excluding hydrogens is 426 g/mol. The van der Waals surface area contributed by atoms with Crippen LogP contribution in [0.4, 0.5) is 5.69 Å². The lowest BCUT2D eigenvalue weighted by Gasteiger charge is -2.31. The normalized spacial score (nSPS) is 19.7. The molecule has 1 N–H and O–H groups in total. The summed E-state index contributed by atoms with van der Waals surface area (Å²) >= 11 is 1.41. The Bertz CT molecular complexity index is 1100. The highest BCUT2D eigenvalue weighted by atomic mass is 32.2. The number of amides is 1. The number of thioether (sulfide) groups is 1. The van der Waals surface area contributed by atoms with Crippen LogP contribution >= 0.6 is 11.8 Å². The zero-order chi connectivity index (χ0) is 21.9. The van der Waals surface area contributed by atoms with Gasteiger partial charge in [-0.15, -0.1) is 10.2 Å². The maximum atomic E-state index is 12.6. The fourth-order valence-electron chi connectivity index (χ4n) is 4.35. The van der Waals surface area contributed by atoms with E-state index in [4.69, 9.17) is 9.47 Å². The molecule has 32 heavy (non-hydrogen) atoms. The number of carbonyl (C=O) groups is 1. The van der Waals surface area contributed by atoms with Gasteiger partial charge in [0.05, 0.1) is 5.75 Å². The van der Waals surface area contributed by atoms with Crippen molar-refractivity contribution in [3.05, 3.63) is 42.7 Å². The van der Waals surface area contributed by atoms with Crippen LogP contribution in [-0.4, -0.2) is 38.2 Å². The molecule has 1 fully saturated rings. The van der Waals surface area contributed by atoms with E-state index in [2.05, 4.69) is 32.0 Å². The van der Waals surface area contributed by atoms with Gasteiger partial charge < -0.3 is 14.8 Å². The van der Waals surface area contributed by atoms with E-state index in [-0.39, 0.29) is 18.5 Å². The Kier molecular flexibility index (Phi) is 5.98. The molecule has 1 aliphatic heterocycles. The number of rotatable bonds is 6. The van der Waals surface area contributed by atoms with Crippen LogP contribution in [-0.2, 0) is 4.79 Å². The summed E-state index contributed by atoms with van der Waals surface area (Å²) in [6.45, 7) is 2.49. The Morgan fingerprint density at radius 3 is 2.91 bits per heavy atom. The van der Waals surface area contributed by atoms with Crippen molar-refractivity contribution < 1.29 is 14.3 Å². The highest BCUT2D eigenvalue weighted by Crippen LogP contribution is 2.39. The molecule has 2 aromatic heterocycles. The molecule has 0 unspecified atom stereocenters. The van der Waals surface area contributed by atoms with Crippen LogP contribution in [0.5, 0.6) is 11.5 Å². The SMILES string of the molecule is C[C@@H]1CCCC[C@@H]1n1c(SCC(=O)Nc2ccc3c(c2)OCO3)nnc1-c1cccnc1. The third-order valence-electron chi connectivity index (χ3n) is 5.97. The first kappa shape index (κ1) is 20.8. The Hall–Kier alpha value is -3.07. The number of hydrogen-bond acceptors (Lipinski definition) is 7. The van der Waals surface area contributed by atoms with Crippen LogP contribution in [0.25, 0.3) is 11.4 Å². The Morgan fingerprint density at radius 2 is 2.06 bits per heavy atom. The molecule has 5 rings (SSSR count). The van der Waals surface area contributed by atoms with Gasteiger partial charge in [-0.05, 0) is 43.0 Å². The predicted molar refractivity (Wildman–Crippen MR) is 122 cm³/mol. The first-order valence-corrected chi connectivity index (χ1v) is 11.8. The molecule has 2 aliphatic rings. The van der Waals surface area contributed by atoms with E-state index < -0.39 is 0 Å². The quantitative estimate of drug-likeness (QED) is 0.550. The fraction of sp³-hybridized carbons (Fsp3) is 0.391. The second kappa shape index (κ2) is 9.20. The number of ether oxygens (including phenoxy) is 2. The molecular formula is C23H25N5O3S. The van der Waals surface area contributed by atoms with E-state index in [1.807, 2.05) is 24.4 Å². The Morgan fingerprint density at radius 1 is 1.19 bits per heavy atom. The van der Waals surface area contributed by atoms with Crippen LogP contribution < -0.4 is 14.8 Å². The molecule has 0 spiro atoms. The minimum absolute atomic E-state index is 0.108. The number of nitrogens with zero attached hydrogens (tertiary/aromatic N) is 4. The van der Waals surface area contributed by atoms with Gasteiger partial charge in [0, 0.05) is 35.8 Å². The first-order valence-electron chi connectivity index (χ1n) is 10.9. The van der Waals surface area contributed by atoms with E-state index in [0.717, 1.165) is 23.0 Å². The third-order valence-corrected chi connectivity index (χ3v) is 6.91. The Labute approximate surface area is 190 Å². The van der Waals surface area contributed by atoms with Crippen LogP contribution in [0, 0.1) is 5.92 Å². The average molecular weight is 452 g/mol. The number of hydrogen-bond donors (Lipinski definition) is 1. The van der Waals surface area contributed by atoms with Crippen LogP contribution in [0.3, 0.4) is 0 Å². The van der Waals surface area contributed by atoms with Gasteiger partial charge in [0.2, 0.25) is 12.7 Å². The first-order chi connectivity index (χ1) is 15.7. The minimum atomic E-state index is -0.108. The lowest BCUT2D eigenvalue weighted by atomic mass is 9.85. The maximum absolute atomic E-state index is 12.6. The fourth-order valence-corrected chi connectivity index (χ4v) is 5.14. The molecule has 0 bridgehead atoms. The number of carbonyl (C=O) groups excluding carboxylic acids is 1. The van der Waals surface area contributed by atoms with E-state index in [1.54, 1.807) is 18.3 Å². The molecule has 8 nitrogen and oxygen atoms in total. The molecule has 3 aromatic rings. The number of fused-ring (bicyclic) bond motifs is 1. The van der Waals surface area contributed by atoms with Crippen molar-refractivity contribution in [1.82, 2.24) is 19.7 Å². The largest absolute Gasteiger partial charge is 0.454 e. The Balaban J connectivity index is 1.34. The topological polar surface area (TPSA) is 91.2 Å². The monoisotopic (exact) mass is 451 g/mol. The molecule has 1 aliphatic carbocycles. The number of anilines is 1. The van der Waals surface area contributed by atoms with E-state index in [0.29, 0.717) is 29.1 Å². The summed E-state index contributed by atoms with van der Waals surface area (Å²) < 4.78 is 12.9. The lowest BCUT2D eigenvalue weighted by Crippen LogP contribution is -2.23. The highest BCUT2D eigenvalue weighted by Gasteiger charge is 2.29. The van der Waals surface area contributed by atoms with Crippen molar-refractivity contribution in [3.8, 4) is 22.9 Å². The molecule has 166 valence electrons. The van der Waals surface area contributed by atoms with E-state index in [9.17, 15) is 4.79 Å². The van der Waals surface area contributed by atoms with Crippen molar-refractivity contribution in [2.75, 3.05) is 17.9 Å². The smallest absolute Gasteiger partial charge is 0.234 e. The predicted octanol–water partition coefficient (Wildman–Crippen LogP) is 4.55. The van der Waals surface area contributed by atoms with Gasteiger partial charge in [-0.25, -0.2) is 0 Å². The molecule has 2 atom stereocenters. The van der Waals surface area contributed by atoms with Gasteiger partial charge in [-0.1, -0.05) is 31.5 Å². The number of pyridine rings is 1. The van der Waals surface area contributed by atoms with Gasteiger partial charge >= 0.3 is 0 Å². The molecule has 1 amide bonds. The molecule has 9 heteroatoms. The summed E-state index contributed by atoms with van der Waals surface area (Å²) in [6, 6.07) is 9.60. The van der Waals surface area contributed by atoms with Gasteiger partial charge in [0.25, 0.3) is 0 Å². The van der Waals surface area contributed by atoms with Crippen LogP contribution in [0.1, 0.15) is 38.6 Å². The summed E-state index contributed by atoms with van der Waals surface area (Å²) in [4.78, 5) is 16.9. The van der Waals surface area contributed by atoms with E-state index in [1.165, 1.54) is 31.0 Å². The average Bonchev–Trinajstić information content (AvgIpc) is 3.45. The van der Waals surface area contributed by atoms with Gasteiger partial charge in [0.15, 0.2) is 22.5 Å². The number of nitrogens with one attached hydrogen (secondary N) is 1. The molecule has 1 aromatic carbocycles. The van der Waals surface area contributed by atoms with Crippen molar-refractivity contribution in [3.63, 3.8) is 0 Å². The van der Waals surface area contributed by atoms with Crippen molar-refractivity contribution in [1.29, 1.82) is 0 Å². The lowest BCUT2D eigenvalue weighted by molar-refractivity contribution is -0.113. The molecule has 3 heterocycles. The summed E-state index contributed by atoms with van der Waals surface area (Å²) in [5, 5.41) is 12.6. The van der Waals surface area contributed by atoms with Crippen molar-refractivity contribution in [2.45, 2.75) is 43.8 Å². The van der Waals surface area contributed by atoms with Gasteiger partial charge in [0.1, 0.15) is 0 Å². The zero-order valence-corrected chi connectivity index (χ0v) is 18.7.